The Morgan fingerprint density at radius 3 is 2.53 bits per heavy atom. The van der Waals surface area contributed by atoms with Crippen LogP contribution in [0.1, 0.15) is 31.7 Å². The Morgan fingerprint density at radius 1 is 1.37 bits per heavy atom. The van der Waals surface area contributed by atoms with Gasteiger partial charge < -0.3 is 5.11 Å². The number of rotatable bonds is 7. The zero-order valence-corrected chi connectivity index (χ0v) is 12.2. The van der Waals surface area contributed by atoms with Crippen LogP contribution in [0.25, 0.3) is 0 Å². The molecule has 4 nitrogen and oxygen atoms in total. The molecule has 0 spiro atoms. The first-order chi connectivity index (χ1) is 8.92. The molecule has 2 N–H and O–H groups in total. The molecule has 0 aliphatic carbocycles. The molecule has 0 bridgehead atoms. The van der Waals surface area contributed by atoms with Gasteiger partial charge in [-0.15, -0.1) is 6.58 Å². The van der Waals surface area contributed by atoms with E-state index in [4.69, 9.17) is 0 Å². The van der Waals surface area contributed by atoms with Crippen LogP contribution in [0.15, 0.2) is 41.8 Å². The van der Waals surface area contributed by atoms with Gasteiger partial charge in [0.05, 0.1) is 11.5 Å². The number of allylic oxidation sites excluding steroid dienone is 1. The molecule has 0 saturated heterocycles. The average Bonchev–Trinajstić information content (AvgIpc) is 2.34. The Bertz CT molecular complexity index is 523. The Morgan fingerprint density at radius 2 is 2.00 bits per heavy atom. The fourth-order valence-electron chi connectivity index (χ4n) is 1.94. The van der Waals surface area contributed by atoms with Crippen LogP contribution in [0.4, 0.5) is 0 Å². The van der Waals surface area contributed by atoms with Crippen LogP contribution in [0, 0.1) is 0 Å². The van der Waals surface area contributed by atoms with Crippen LogP contribution < -0.4 is 4.72 Å². The Hall–Kier alpha value is -1.17. The lowest BCUT2D eigenvalue weighted by Gasteiger charge is -2.18. The van der Waals surface area contributed by atoms with E-state index in [-0.39, 0.29) is 23.5 Å². The first-order valence-electron chi connectivity index (χ1n) is 6.25. The van der Waals surface area contributed by atoms with Crippen molar-refractivity contribution in [2.75, 3.05) is 6.61 Å². The van der Waals surface area contributed by atoms with Gasteiger partial charge in [0.25, 0.3) is 0 Å². The highest BCUT2D eigenvalue weighted by Crippen LogP contribution is 2.26. The molecule has 1 aromatic carbocycles. The molecule has 106 valence electrons. The summed E-state index contributed by atoms with van der Waals surface area (Å²) in [5.74, 6) is -0.252. The van der Waals surface area contributed by atoms with Crippen molar-refractivity contribution in [2.45, 2.75) is 37.1 Å². The van der Waals surface area contributed by atoms with Crippen molar-refractivity contribution in [3.05, 3.63) is 42.5 Å². The summed E-state index contributed by atoms with van der Waals surface area (Å²) in [7, 11) is -3.56. The summed E-state index contributed by atoms with van der Waals surface area (Å²) in [4.78, 5) is 0.226. The molecular weight excluding hydrogens is 262 g/mol. The molecule has 19 heavy (non-hydrogen) atoms. The van der Waals surface area contributed by atoms with E-state index in [0.29, 0.717) is 12.0 Å². The summed E-state index contributed by atoms with van der Waals surface area (Å²) in [5.41, 5.74) is 0.623. The molecule has 1 rings (SSSR count). The van der Waals surface area contributed by atoms with Crippen molar-refractivity contribution < 1.29 is 13.5 Å². The lowest BCUT2D eigenvalue weighted by Crippen LogP contribution is -2.31. The van der Waals surface area contributed by atoms with Crippen molar-refractivity contribution in [2.24, 2.45) is 0 Å². The zero-order valence-electron chi connectivity index (χ0n) is 11.3. The fourth-order valence-corrected chi connectivity index (χ4v) is 3.49. The fraction of sp³-hybridized carbons (Fsp3) is 0.429. The summed E-state index contributed by atoms with van der Waals surface area (Å²) in [5, 5.41) is 9.42. The van der Waals surface area contributed by atoms with Crippen molar-refractivity contribution in [3.63, 3.8) is 0 Å². The number of hydrogen-bond acceptors (Lipinski definition) is 3. The molecule has 5 heteroatoms. The van der Waals surface area contributed by atoms with Crippen LogP contribution in [-0.2, 0) is 10.0 Å². The van der Waals surface area contributed by atoms with E-state index in [2.05, 4.69) is 11.3 Å². The third kappa shape index (κ3) is 4.16. The lowest BCUT2D eigenvalue weighted by atomic mass is 9.97. The van der Waals surface area contributed by atoms with Gasteiger partial charge >= 0.3 is 0 Å². The van der Waals surface area contributed by atoms with E-state index in [1.807, 2.05) is 0 Å². The summed E-state index contributed by atoms with van der Waals surface area (Å²) < 4.78 is 27.1. The SMILES string of the molecule is C=CC[C@H](CO)c1ccccc1S(=O)(=O)NC(C)C. The van der Waals surface area contributed by atoms with E-state index in [1.165, 1.54) is 0 Å². The first kappa shape index (κ1) is 15.9. The molecule has 1 atom stereocenters. The molecule has 0 amide bonds. The second-order valence-corrected chi connectivity index (χ2v) is 6.40. The van der Waals surface area contributed by atoms with Crippen molar-refractivity contribution in [1.29, 1.82) is 0 Å². The molecule has 0 saturated carbocycles. The van der Waals surface area contributed by atoms with Crippen LogP contribution in [0.2, 0.25) is 0 Å². The van der Waals surface area contributed by atoms with Gasteiger partial charge in [-0.2, -0.15) is 0 Å². The highest BCUT2D eigenvalue weighted by atomic mass is 32.2. The van der Waals surface area contributed by atoms with Gasteiger partial charge in [-0.25, -0.2) is 13.1 Å². The maximum absolute atomic E-state index is 12.3. The van der Waals surface area contributed by atoms with Crippen LogP contribution >= 0.6 is 0 Å². The van der Waals surface area contributed by atoms with Gasteiger partial charge in [0.2, 0.25) is 10.0 Å². The molecule has 1 aromatic rings. The van der Waals surface area contributed by atoms with Gasteiger partial charge in [-0.1, -0.05) is 24.3 Å². The van der Waals surface area contributed by atoms with Crippen molar-refractivity contribution in [1.82, 2.24) is 4.72 Å². The monoisotopic (exact) mass is 283 g/mol. The minimum atomic E-state index is -3.56. The molecule has 0 radical (unpaired) electrons. The molecule has 0 aliphatic heterocycles. The number of aliphatic hydroxyl groups is 1. The van der Waals surface area contributed by atoms with Crippen molar-refractivity contribution >= 4 is 10.0 Å². The van der Waals surface area contributed by atoms with Crippen molar-refractivity contribution in [3.8, 4) is 0 Å². The molecule has 0 heterocycles. The quantitative estimate of drug-likeness (QED) is 0.752. The predicted molar refractivity (Wildman–Crippen MR) is 76.5 cm³/mol. The largest absolute Gasteiger partial charge is 0.396 e. The standard InChI is InChI=1S/C14H21NO3S/c1-4-7-12(10-16)13-8-5-6-9-14(13)19(17,18)15-11(2)3/h4-6,8-9,11-12,15-16H,1,7,10H2,2-3H3/t12-/m1/s1. The van der Waals surface area contributed by atoms with Crippen LogP contribution in [-0.4, -0.2) is 26.2 Å². The summed E-state index contributed by atoms with van der Waals surface area (Å²) in [6.07, 6.45) is 2.21. The van der Waals surface area contributed by atoms with Crippen LogP contribution in [0.5, 0.6) is 0 Å². The summed E-state index contributed by atoms with van der Waals surface area (Å²) >= 11 is 0. The van der Waals surface area contributed by atoms with E-state index in [1.54, 1.807) is 44.2 Å². The van der Waals surface area contributed by atoms with Gasteiger partial charge in [0, 0.05) is 12.0 Å². The van der Waals surface area contributed by atoms with E-state index < -0.39 is 10.0 Å². The predicted octanol–water partition coefficient (Wildman–Crippen LogP) is 2.03. The topological polar surface area (TPSA) is 66.4 Å². The number of nitrogens with one attached hydrogen (secondary N) is 1. The Labute approximate surface area is 115 Å². The molecule has 0 unspecified atom stereocenters. The Kier molecular flexibility index (Phi) is 5.72. The summed E-state index contributed by atoms with van der Waals surface area (Å²) in [6.45, 7) is 7.07. The van der Waals surface area contributed by atoms with Gasteiger partial charge in [0.15, 0.2) is 0 Å². The molecule has 0 fully saturated rings. The minimum Gasteiger partial charge on any atom is -0.396 e. The van der Waals surface area contributed by atoms with Gasteiger partial charge in [-0.05, 0) is 31.9 Å². The smallest absolute Gasteiger partial charge is 0.241 e. The van der Waals surface area contributed by atoms with Crippen LogP contribution in [0.3, 0.4) is 0 Å². The van der Waals surface area contributed by atoms with E-state index in [0.717, 1.165) is 0 Å². The molecule has 0 aliphatic rings. The second kappa shape index (κ2) is 6.84. The summed E-state index contributed by atoms with van der Waals surface area (Å²) in [6, 6.07) is 6.58. The lowest BCUT2D eigenvalue weighted by molar-refractivity contribution is 0.264. The first-order valence-corrected chi connectivity index (χ1v) is 7.73. The maximum atomic E-state index is 12.3. The number of benzene rings is 1. The number of hydrogen-bond donors (Lipinski definition) is 2. The third-order valence-corrected chi connectivity index (χ3v) is 4.44. The number of sulfonamides is 1. The maximum Gasteiger partial charge on any atom is 0.241 e. The highest BCUT2D eigenvalue weighted by molar-refractivity contribution is 7.89. The van der Waals surface area contributed by atoms with E-state index in [9.17, 15) is 13.5 Å². The second-order valence-electron chi connectivity index (χ2n) is 4.72. The molecular formula is C14H21NO3S. The number of aliphatic hydroxyl groups excluding tert-OH is 1. The Balaban J connectivity index is 3.25. The minimum absolute atomic E-state index is 0.111. The highest BCUT2D eigenvalue weighted by Gasteiger charge is 2.22. The van der Waals surface area contributed by atoms with Gasteiger partial charge in [-0.3, -0.25) is 0 Å². The average molecular weight is 283 g/mol. The zero-order chi connectivity index (χ0) is 14.5. The third-order valence-electron chi connectivity index (χ3n) is 2.71. The molecule has 0 aromatic heterocycles. The normalized spacial score (nSPS) is 13.5. The van der Waals surface area contributed by atoms with Gasteiger partial charge in [0.1, 0.15) is 0 Å². The van der Waals surface area contributed by atoms with E-state index >= 15 is 0 Å².